The van der Waals surface area contributed by atoms with Crippen LogP contribution >= 0.6 is 0 Å². The highest BCUT2D eigenvalue weighted by atomic mass is 16.5. The van der Waals surface area contributed by atoms with Crippen LogP contribution in [0.5, 0.6) is 0 Å². The van der Waals surface area contributed by atoms with E-state index in [1.54, 1.807) is 0 Å². The van der Waals surface area contributed by atoms with Gasteiger partial charge in [-0.25, -0.2) is 5.43 Å². The molecule has 0 radical (unpaired) electrons. The Bertz CT molecular complexity index is 666. The SMILES string of the molecule is COCCN1CCCC2(CCN(CC3CNNC3c3cc(C)ccc3C)C2)C1. The van der Waals surface area contributed by atoms with Crippen molar-refractivity contribution in [3.8, 4) is 0 Å². The highest BCUT2D eigenvalue weighted by Gasteiger charge is 2.42. The molecule has 1 spiro atoms. The second-order valence-electron chi connectivity index (χ2n) is 9.48. The zero-order valence-corrected chi connectivity index (χ0v) is 18.0. The summed E-state index contributed by atoms with van der Waals surface area (Å²) < 4.78 is 5.31. The van der Waals surface area contributed by atoms with E-state index < -0.39 is 0 Å². The van der Waals surface area contributed by atoms with Crippen LogP contribution in [0.15, 0.2) is 18.2 Å². The van der Waals surface area contributed by atoms with Crippen molar-refractivity contribution in [2.24, 2.45) is 11.3 Å². The monoisotopic (exact) mass is 386 g/mol. The van der Waals surface area contributed by atoms with E-state index in [9.17, 15) is 0 Å². The van der Waals surface area contributed by atoms with Crippen LogP contribution in [0.4, 0.5) is 0 Å². The van der Waals surface area contributed by atoms with Gasteiger partial charge in [-0.2, -0.15) is 0 Å². The average molecular weight is 387 g/mol. The number of hydrogen-bond acceptors (Lipinski definition) is 5. The fraction of sp³-hybridized carbons (Fsp3) is 0.739. The van der Waals surface area contributed by atoms with Crippen LogP contribution in [0.3, 0.4) is 0 Å². The number of nitrogens with zero attached hydrogens (tertiary/aromatic N) is 2. The molecule has 1 aromatic rings. The van der Waals surface area contributed by atoms with E-state index in [4.69, 9.17) is 4.74 Å². The van der Waals surface area contributed by atoms with Gasteiger partial charge < -0.3 is 14.5 Å². The van der Waals surface area contributed by atoms with Gasteiger partial charge >= 0.3 is 0 Å². The first kappa shape index (κ1) is 20.3. The summed E-state index contributed by atoms with van der Waals surface area (Å²) in [6.45, 7) is 13.7. The van der Waals surface area contributed by atoms with E-state index in [2.05, 4.69) is 52.7 Å². The summed E-state index contributed by atoms with van der Waals surface area (Å²) in [5.41, 5.74) is 11.7. The van der Waals surface area contributed by atoms with E-state index in [0.717, 1.165) is 19.7 Å². The molecule has 3 aliphatic heterocycles. The molecule has 3 atom stereocenters. The average Bonchev–Trinajstić information content (AvgIpc) is 3.30. The molecule has 1 aromatic carbocycles. The molecular formula is C23H38N4O. The summed E-state index contributed by atoms with van der Waals surface area (Å²) in [7, 11) is 1.81. The molecule has 0 aromatic heterocycles. The highest BCUT2D eigenvalue weighted by Crippen LogP contribution is 2.40. The van der Waals surface area contributed by atoms with Gasteiger partial charge in [0.2, 0.25) is 0 Å². The zero-order chi connectivity index (χ0) is 19.6. The van der Waals surface area contributed by atoms with Crippen LogP contribution in [0, 0.1) is 25.2 Å². The standard InChI is InChI=1S/C23H38N4O/c1-18-5-6-19(2)21(13-18)22-20(14-24-25-22)15-27-10-8-23(17-27)7-4-9-26(16-23)11-12-28-3/h5-6,13,20,22,24-25H,4,7-12,14-17H2,1-3H3. The minimum atomic E-state index is 0.418. The summed E-state index contributed by atoms with van der Waals surface area (Å²) in [6, 6.07) is 7.27. The van der Waals surface area contributed by atoms with Crippen molar-refractivity contribution in [2.75, 3.05) is 59.5 Å². The number of hydrazine groups is 1. The van der Waals surface area contributed by atoms with E-state index >= 15 is 0 Å². The maximum absolute atomic E-state index is 5.31. The van der Waals surface area contributed by atoms with Gasteiger partial charge in [-0.1, -0.05) is 23.8 Å². The van der Waals surface area contributed by atoms with Crippen molar-refractivity contribution in [1.82, 2.24) is 20.7 Å². The second-order valence-corrected chi connectivity index (χ2v) is 9.48. The molecule has 2 N–H and O–H groups in total. The number of ether oxygens (including phenoxy) is 1. The summed E-state index contributed by atoms with van der Waals surface area (Å²) in [5.74, 6) is 0.629. The van der Waals surface area contributed by atoms with Crippen LogP contribution in [0.2, 0.25) is 0 Å². The van der Waals surface area contributed by atoms with E-state index in [1.807, 2.05) is 7.11 Å². The van der Waals surface area contributed by atoms with Gasteiger partial charge in [0, 0.05) is 45.8 Å². The fourth-order valence-corrected chi connectivity index (χ4v) is 5.70. The fourth-order valence-electron chi connectivity index (χ4n) is 5.70. The number of nitrogens with one attached hydrogen (secondary N) is 2. The normalized spacial score (nSPS) is 31.8. The van der Waals surface area contributed by atoms with Crippen molar-refractivity contribution >= 4 is 0 Å². The van der Waals surface area contributed by atoms with E-state index in [1.165, 1.54) is 68.7 Å². The molecule has 5 nitrogen and oxygen atoms in total. The van der Waals surface area contributed by atoms with Crippen LogP contribution in [0.1, 0.15) is 42.0 Å². The Morgan fingerprint density at radius 2 is 2.00 bits per heavy atom. The zero-order valence-electron chi connectivity index (χ0n) is 18.0. The van der Waals surface area contributed by atoms with Crippen LogP contribution in [-0.2, 0) is 4.74 Å². The van der Waals surface area contributed by atoms with Crippen LogP contribution in [-0.4, -0.2) is 69.3 Å². The summed E-state index contributed by atoms with van der Waals surface area (Å²) in [6.07, 6.45) is 4.10. The first-order chi connectivity index (χ1) is 13.6. The third-order valence-corrected chi connectivity index (χ3v) is 7.23. The third-order valence-electron chi connectivity index (χ3n) is 7.23. The van der Waals surface area contributed by atoms with Crippen molar-refractivity contribution in [3.05, 3.63) is 34.9 Å². The Morgan fingerprint density at radius 3 is 2.86 bits per heavy atom. The Labute approximate surface area is 170 Å². The largest absolute Gasteiger partial charge is 0.383 e. The Balaban J connectivity index is 1.37. The lowest BCUT2D eigenvalue weighted by Gasteiger charge is -2.40. The van der Waals surface area contributed by atoms with Gasteiger partial charge in [-0.05, 0) is 62.7 Å². The summed E-state index contributed by atoms with van der Waals surface area (Å²) in [4.78, 5) is 5.38. The predicted molar refractivity (Wildman–Crippen MR) is 114 cm³/mol. The molecule has 3 unspecified atom stereocenters. The third kappa shape index (κ3) is 4.44. The van der Waals surface area contributed by atoms with E-state index in [0.29, 0.717) is 17.4 Å². The van der Waals surface area contributed by atoms with Crippen LogP contribution in [0.25, 0.3) is 0 Å². The molecule has 0 aliphatic carbocycles. The lowest BCUT2D eigenvalue weighted by atomic mass is 9.79. The van der Waals surface area contributed by atoms with Gasteiger partial charge in [0.05, 0.1) is 12.6 Å². The molecule has 28 heavy (non-hydrogen) atoms. The van der Waals surface area contributed by atoms with Crippen molar-refractivity contribution in [3.63, 3.8) is 0 Å². The minimum Gasteiger partial charge on any atom is -0.383 e. The van der Waals surface area contributed by atoms with Crippen LogP contribution < -0.4 is 10.9 Å². The first-order valence-electron chi connectivity index (χ1n) is 11.1. The molecule has 0 bridgehead atoms. The second kappa shape index (κ2) is 8.80. The number of piperidine rings is 1. The van der Waals surface area contributed by atoms with Crippen molar-refractivity contribution in [2.45, 2.75) is 39.2 Å². The molecule has 0 amide bonds. The molecule has 5 heteroatoms. The maximum Gasteiger partial charge on any atom is 0.0589 e. The predicted octanol–water partition coefficient (Wildman–Crippen LogP) is 2.50. The van der Waals surface area contributed by atoms with Gasteiger partial charge in [-0.3, -0.25) is 5.43 Å². The Hall–Kier alpha value is -0.980. The molecular weight excluding hydrogens is 348 g/mol. The van der Waals surface area contributed by atoms with Crippen molar-refractivity contribution in [1.29, 1.82) is 0 Å². The number of hydrogen-bond donors (Lipinski definition) is 2. The molecule has 3 heterocycles. The van der Waals surface area contributed by atoms with E-state index in [-0.39, 0.29) is 0 Å². The quantitative estimate of drug-likeness (QED) is 0.786. The lowest BCUT2D eigenvalue weighted by Crippen LogP contribution is -2.46. The summed E-state index contributed by atoms with van der Waals surface area (Å²) >= 11 is 0. The van der Waals surface area contributed by atoms with Crippen molar-refractivity contribution < 1.29 is 4.74 Å². The Kier molecular flexibility index (Phi) is 6.38. The number of likely N-dealkylation sites (tertiary alicyclic amines) is 2. The first-order valence-corrected chi connectivity index (χ1v) is 11.1. The maximum atomic E-state index is 5.31. The van der Waals surface area contributed by atoms with Gasteiger partial charge in [0.15, 0.2) is 0 Å². The molecule has 4 rings (SSSR count). The number of benzene rings is 1. The Morgan fingerprint density at radius 1 is 1.14 bits per heavy atom. The molecule has 3 fully saturated rings. The van der Waals surface area contributed by atoms with Gasteiger partial charge in [-0.15, -0.1) is 0 Å². The molecule has 3 aliphatic rings. The smallest absolute Gasteiger partial charge is 0.0589 e. The lowest BCUT2D eigenvalue weighted by molar-refractivity contribution is 0.0666. The molecule has 0 saturated carbocycles. The van der Waals surface area contributed by atoms with Gasteiger partial charge in [0.1, 0.15) is 0 Å². The van der Waals surface area contributed by atoms with Gasteiger partial charge in [0.25, 0.3) is 0 Å². The minimum absolute atomic E-state index is 0.418. The highest BCUT2D eigenvalue weighted by molar-refractivity contribution is 5.34. The molecule has 3 saturated heterocycles. The number of methoxy groups -OCH3 is 1. The number of rotatable bonds is 6. The molecule has 156 valence electrons. The topological polar surface area (TPSA) is 39.8 Å². The number of aryl methyl sites for hydroxylation is 2. The summed E-state index contributed by atoms with van der Waals surface area (Å²) in [5, 5.41) is 0.